The van der Waals surface area contributed by atoms with Crippen molar-refractivity contribution in [2.45, 2.75) is 0 Å². The van der Waals surface area contributed by atoms with Crippen molar-refractivity contribution in [3.05, 3.63) is 6.92 Å². The molecule has 0 rings (SSSR count). The maximum absolute atomic E-state index is 8.13. The molecular formula is C3H8NO. The lowest BCUT2D eigenvalue weighted by Gasteiger charge is -1.97. The molecule has 0 spiro atoms. The van der Waals surface area contributed by atoms with Gasteiger partial charge in [0.25, 0.3) is 0 Å². The maximum Gasteiger partial charge on any atom is 0.0235 e. The van der Waals surface area contributed by atoms with Crippen molar-refractivity contribution in [2.75, 3.05) is 13.6 Å². The molecule has 0 aliphatic carbocycles. The van der Waals surface area contributed by atoms with E-state index in [0.29, 0.717) is 6.54 Å². The molecule has 0 saturated heterocycles. The lowest BCUT2D eigenvalue weighted by Crippen LogP contribution is -2.10. The van der Waals surface area contributed by atoms with Gasteiger partial charge in [0.15, 0.2) is 0 Å². The van der Waals surface area contributed by atoms with Crippen molar-refractivity contribution >= 4 is 0 Å². The standard InChI is InChI=1S/C3H8NO/c1-3-4(2)5/h5H,1,3H2,2H3. The molecule has 0 fully saturated rings. The number of hydrogen-bond acceptors (Lipinski definition) is 2. The highest BCUT2D eigenvalue weighted by Gasteiger charge is 1.74. The van der Waals surface area contributed by atoms with Crippen molar-refractivity contribution in [3.63, 3.8) is 0 Å². The van der Waals surface area contributed by atoms with E-state index in [4.69, 9.17) is 5.21 Å². The van der Waals surface area contributed by atoms with Crippen molar-refractivity contribution in [3.8, 4) is 0 Å². The highest BCUT2D eigenvalue weighted by atomic mass is 16.5. The third-order valence-electron chi connectivity index (χ3n) is 0.324. The Morgan fingerprint density at radius 2 is 2.20 bits per heavy atom. The summed E-state index contributed by atoms with van der Waals surface area (Å²) < 4.78 is 0. The maximum atomic E-state index is 8.13. The van der Waals surface area contributed by atoms with Crippen LogP contribution in [0.1, 0.15) is 0 Å². The van der Waals surface area contributed by atoms with E-state index >= 15 is 0 Å². The van der Waals surface area contributed by atoms with E-state index < -0.39 is 0 Å². The molecule has 0 saturated carbocycles. The quantitative estimate of drug-likeness (QED) is 0.447. The van der Waals surface area contributed by atoms with Gasteiger partial charge in [0.1, 0.15) is 0 Å². The second-order valence-electron chi connectivity index (χ2n) is 0.881. The van der Waals surface area contributed by atoms with E-state index in [0.717, 1.165) is 5.06 Å². The molecule has 2 nitrogen and oxygen atoms in total. The molecule has 5 heavy (non-hydrogen) atoms. The van der Waals surface area contributed by atoms with Gasteiger partial charge in [-0.1, -0.05) is 0 Å². The van der Waals surface area contributed by atoms with E-state index in [1.807, 2.05) is 0 Å². The summed E-state index contributed by atoms with van der Waals surface area (Å²) in [5.74, 6) is 0. The monoisotopic (exact) mass is 74.1 g/mol. The highest BCUT2D eigenvalue weighted by Crippen LogP contribution is 1.62. The van der Waals surface area contributed by atoms with E-state index in [2.05, 4.69) is 6.92 Å². The molecule has 1 N–H and O–H groups in total. The first-order valence-corrected chi connectivity index (χ1v) is 1.46. The smallest absolute Gasteiger partial charge is 0.0235 e. The van der Waals surface area contributed by atoms with Gasteiger partial charge < -0.3 is 5.21 Å². The van der Waals surface area contributed by atoms with Crippen LogP contribution in [0.3, 0.4) is 0 Å². The second kappa shape index (κ2) is 2.18. The Morgan fingerprint density at radius 1 is 2.00 bits per heavy atom. The Morgan fingerprint density at radius 3 is 2.20 bits per heavy atom. The largest absolute Gasteiger partial charge is 0.314 e. The van der Waals surface area contributed by atoms with Gasteiger partial charge in [-0.25, -0.2) is 0 Å². The molecule has 0 unspecified atom stereocenters. The van der Waals surface area contributed by atoms with Gasteiger partial charge in [0.2, 0.25) is 0 Å². The van der Waals surface area contributed by atoms with Crippen LogP contribution in [0.2, 0.25) is 0 Å². The molecule has 0 aliphatic heterocycles. The average molecular weight is 74.1 g/mol. The molecule has 0 bridgehead atoms. The number of hydrogen-bond donors (Lipinski definition) is 1. The van der Waals surface area contributed by atoms with Crippen LogP contribution >= 0.6 is 0 Å². The molecule has 0 aliphatic rings. The summed E-state index contributed by atoms with van der Waals surface area (Å²) in [7, 11) is 1.55. The van der Waals surface area contributed by atoms with Gasteiger partial charge >= 0.3 is 0 Å². The first kappa shape index (κ1) is 4.92. The predicted octanol–water partition coefficient (Wildman–Crippen LogP) is 0.141. The van der Waals surface area contributed by atoms with Crippen LogP contribution in [0.25, 0.3) is 0 Å². The summed E-state index contributed by atoms with van der Waals surface area (Å²) in [4.78, 5) is 0. The number of rotatable bonds is 1. The summed E-state index contributed by atoms with van der Waals surface area (Å²) in [6, 6.07) is 0. The van der Waals surface area contributed by atoms with Gasteiger partial charge in [-0.2, -0.15) is 5.06 Å². The summed E-state index contributed by atoms with van der Waals surface area (Å²) >= 11 is 0. The average Bonchev–Trinajstić information content (AvgIpc) is 1.38. The summed E-state index contributed by atoms with van der Waals surface area (Å²) in [5, 5.41) is 9.15. The van der Waals surface area contributed by atoms with Crippen LogP contribution in [0.15, 0.2) is 0 Å². The molecule has 0 amide bonds. The van der Waals surface area contributed by atoms with Crippen LogP contribution in [-0.2, 0) is 0 Å². The van der Waals surface area contributed by atoms with Crippen LogP contribution in [0.4, 0.5) is 0 Å². The number of nitrogens with zero attached hydrogens (tertiary/aromatic N) is 1. The molecule has 31 valence electrons. The van der Waals surface area contributed by atoms with Gasteiger partial charge in [-0.15, -0.1) is 0 Å². The topological polar surface area (TPSA) is 23.5 Å². The van der Waals surface area contributed by atoms with Crippen LogP contribution in [0, 0.1) is 6.92 Å². The van der Waals surface area contributed by atoms with E-state index in [1.54, 1.807) is 7.05 Å². The minimum absolute atomic E-state index is 0.444. The summed E-state index contributed by atoms with van der Waals surface area (Å²) in [6.07, 6.45) is 0. The molecule has 0 heterocycles. The van der Waals surface area contributed by atoms with Gasteiger partial charge in [0.05, 0.1) is 0 Å². The van der Waals surface area contributed by atoms with Gasteiger partial charge in [-0.05, 0) is 6.92 Å². The fourth-order valence-electron chi connectivity index (χ4n) is 0. The summed E-state index contributed by atoms with van der Waals surface area (Å²) in [5.41, 5.74) is 0. The minimum atomic E-state index is 0.444. The zero-order chi connectivity index (χ0) is 4.28. The van der Waals surface area contributed by atoms with Crippen LogP contribution < -0.4 is 0 Å². The molecule has 0 aromatic rings. The minimum Gasteiger partial charge on any atom is -0.314 e. The Hall–Kier alpha value is -0.0800. The van der Waals surface area contributed by atoms with Crippen molar-refractivity contribution in [2.24, 2.45) is 0 Å². The Kier molecular flexibility index (Phi) is 2.14. The Bertz CT molecular complexity index is 20.9. The van der Waals surface area contributed by atoms with E-state index in [1.165, 1.54) is 0 Å². The first-order valence-electron chi connectivity index (χ1n) is 1.46. The molecule has 2 heteroatoms. The molecule has 1 radical (unpaired) electrons. The van der Waals surface area contributed by atoms with Crippen molar-refractivity contribution < 1.29 is 5.21 Å². The van der Waals surface area contributed by atoms with E-state index in [9.17, 15) is 0 Å². The van der Waals surface area contributed by atoms with Gasteiger partial charge in [-0.3, -0.25) is 0 Å². The van der Waals surface area contributed by atoms with E-state index in [-0.39, 0.29) is 0 Å². The van der Waals surface area contributed by atoms with Crippen molar-refractivity contribution in [1.29, 1.82) is 0 Å². The summed E-state index contributed by atoms with van der Waals surface area (Å²) in [6.45, 7) is 3.81. The molecule has 0 atom stereocenters. The zero-order valence-corrected chi connectivity index (χ0v) is 3.31. The Balaban J connectivity index is 2.54. The van der Waals surface area contributed by atoms with Crippen LogP contribution in [0.5, 0.6) is 0 Å². The normalized spacial score (nSPS) is 9.60. The number of hydroxylamine groups is 2. The second-order valence-corrected chi connectivity index (χ2v) is 0.881. The molecule has 0 aromatic heterocycles. The van der Waals surface area contributed by atoms with Crippen LogP contribution in [-0.4, -0.2) is 23.9 Å². The highest BCUT2D eigenvalue weighted by molar-refractivity contribution is 4.32. The third-order valence-corrected chi connectivity index (χ3v) is 0.324. The molecule has 0 aromatic carbocycles. The SMILES string of the molecule is [CH2]CN(C)O. The Labute approximate surface area is 32.0 Å². The zero-order valence-electron chi connectivity index (χ0n) is 3.31. The van der Waals surface area contributed by atoms with Gasteiger partial charge in [0, 0.05) is 13.6 Å². The lowest BCUT2D eigenvalue weighted by molar-refractivity contribution is -0.0540. The van der Waals surface area contributed by atoms with Crippen molar-refractivity contribution in [1.82, 2.24) is 5.06 Å². The lowest BCUT2D eigenvalue weighted by atomic mass is 10.8. The predicted molar refractivity (Wildman–Crippen MR) is 19.8 cm³/mol. The fraction of sp³-hybridized carbons (Fsp3) is 0.667. The third kappa shape index (κ3) is 3.92. The molecular weight excluding hydrogens is 66.0 g/mol. The fourth-order valence-corrected chi connectivity index (χ4v) is 0. The first-order chi connectivity index (χ1) is 2.27.